The van der Waals surface area contributed by atoms with Crippen LogP contribution in [0.5, 0.6) is 0 Å². The lowest BCUT2D eigenvalue weighted by Crippen LogP contribution is -2.36. The van der Waals surface area contributed by atoms with E-state index in [-0.39, 0.29) is 44.1 Å². The van der Waals surface area contributed by atoms with Gasteiger partial charge in [0.15, 0.2) is 0 Å². The predicted octanol–water partition coefficient (Wildman–Crippen LogP) is 1.34. The highest BCUT2D eigenvalue weighted by atomic mass is 16.6. The lowest BCUT2D eigenvalue weighted by molar-refractivity contribution is 0.0247. The number of nitrogens with two attached hydrogens (primary N) is 1. The number of anilines is 1. The maximum Gasteiger partial charge on any atom is 0.407 e. The Morgan fingerprint density at radius 3 is 2.63 bits per heavy atom. The third-order valence-electron chi connectivity index (χ3n) is 4.34. The number of ether oxygens (including phenoxy) is 2. The van der Waals surface area contributed by atoms with Gasteiger partial charge in [-0.05, 0) is 26.7 Å². The van der Waals surface area contributed by atoms with Crippen molar-refractivity contribution in [3.8, 4) is 0 Å². The Hall–Kier alpha value is -1.97. The van der Waals surface area contributed by atoms with Gasteiger partial charge in [-0.3, -0.25) is 0 Å². The average Bonchev–Trinajstić information content (AvgIpc) is 2.64. The van der Waals surface area contributed by atoms with Crippen LogP contribution in [0.4, 0.5) is 10.7 Å². The first-order valence-corrected chi connectivity index (χ1v) is 9.51. The summed E-state index contributed by atoms with van der Waals surface area (Å²) in [6.45, 7) is 4.33. The van der Waals surface area contributed by atoms with E-state index in [0.29, 0.717) is 5.95 Å². The van der Waals surface area contributed by atoms with Crippen molar-refractivity contribution in [3.05, 3.63) is 18.0 Å². The number of carbonyl (C=O) groups is 1. The highest BCUT2D eigenvalue weighted by molar-refractivity contribution is 5.67. The molecule has 1 aliphatic carbocycles. The quantitative estimate of drug-likeness (QED) is 0.471. The van der Waals surface area contributed by atoms with E-state index in [1.54, 1.807) is 12.4 Å². The minimum atomic E-state index is -0.471. The SMILES string of the molecule is CC(C)NC(=O)OCCO[C@H](CN)c1cnc(NC2CCCC[C@H]2O)nc1. The van der Waals surface area contributed by atoms with Crippen LogP contribution in [-0.4, -0.2) is 59.1 Å². The Morgan fingerprint density at radius 1 is 1.30 bits per heavy atom. The maximum absolute atomic E-state index is 11.4. The van der Waals surface area contributed by atoms with E-state index in [2.05, 4.69) is 20.6 Å². The first-order chi connectivity index (χ1) is 13.0. The molecule has 1 amide bonds. The van der Waals surface area contributed by atoms with Crippen molar-refractivity contribution in [1.29, 1.82) is 0 Å². The van der Waals surface area contributed by atoms with Crippen molar-refractivity contribution in [1.82, 2.24) is 15.3 Å². The summed E-state index contributed by atoms with van der Waals surface area (Å²) in [6.07, 6.45) is 5.96. The van der Waals surface area contributed by atoms with Crippen molar-refractivity contribution in [2.45, 2.75) is 63.8 Å². The number of amides is 1. The Bertz CT molecular complexity index is 569. The minimum Gasteiger partial charge on any atom is -0.447 e. The Kier molecular flexibility index (Phi) is 8.70. The number of hydrogen-bond donors (Lipinski definition) is 4. The second-order valence-corrected chi connectivity index (χ2v) is 6.97. The van der Waals surface area contributed by atoms with Crippen molar-refractivity contribution in [2.24, 2.45) is 5.73 Å². The summed E-state index contributed by atoms with van der Waals surface area (Å²) in [5, 5.41) is 15.8. The third-order valence-corrected chi connectivity index (χ3v) is 4.34. The molecule has 152 valence electrons. The van der Waals surface area contributed by atoms with E-state index in [4.69, 9.17) is 15.2 Å². The molecule has 3 atom stereocenters. The molecule has 1 aromatic heterocycles. The minimum absolute atomic E-state index is 0.0136. The number of aliphatic hydroxyl groups excluding tert-OH is 1. The van der Waals surface area contributed by atoms with Crippen LogP contribution in [-0.2, 0) is 9.47 Å². The molecule has 1 aliphatic rings. The van der Waals surface area contributed by atoms with Gasteiger partial charge in [-0.1, -0.05) is 12.8 Å². The second-order valence-electron chi connectivity index (χ2n) is 6.97. The van der Waals surface area contributed by atoms with Crippen LogP contribution >= 0.6 is 0 Å². The molecule has 27 heavy (non-hydrogen) atoms. The molecular formula is C18H31N5O4. The van der Waals surface area contributed by atoms with Gasteiger partial charge in [0.25, 0.3) is 0 Å². The van der Waals surface area contributed by atoms with Crippen LogP contribution in [0.15, 0.2) is 12.4 Å². The van der Waals surface area contributed by atoms with Crippen LogP contribution < -0.4 is 16.4 Å². The van der Waals surface area contributed by atoms with E-state index in [1.165, 1.54) is 0 Å². The largest absolute Gasteiger partial charge is 0.447 e. The van der Waals surface area contributed by atoms with Gasteiger partial charge in [0, 0.05) is 30.5 Å². The van der Waals surface area contributed by atoms with Gasteiger partial charge in [0.1, 0.15) is 6.61 Å². The van der Waals surface area contributed by atoms with Gasteiger partial charge < -0.3 is 30.9 Å². The van der Waals surface area contributed by atoms with Gasteiger partial charge >= 0.3 is 6.09 Å². The van der Waals surface area contributed by atoms with Gasteiger partial charge in [-0.15, -0.1) is 0 Å². The van der Waals surface area contributed by atoms with Crippen LogP contribution in [0.1, 0.15) is 51.2 Å². The Balaban J connectivity index is 1.78. The number of carbonyl (C=O) groups excluding carboxylic acids is 1. The number of nitrogens with zero attached hydrogens (tertiary/aromatic N) is 2. The second kappa shape index (κ2) is 11.0. The van der Waals surface area contributed by atoms with E-state index < -0.39 is 6.09 Å². The molecule has 2 rings (SSSR count). The average molecular weight is 381 g/mol. The molecular weight excluding hydrogens is 350 g/mol. The topological polar surface area (TPSA) is 132 Å². The van der Waals surface area contributed by atoms with Gasteiger partial charge in [0.2, 0.25) is 5.95 Å². The van der Waals surface area contributed by atoms with E-state index in [0.717, 1.165) is 31.2 Å². The predicted molar refractivity (Wildman–Crippen MR) is 101 cm³/mol. The van der Waals surface area contributed by atoms with Crippen molar-refractivity contribution in [2.75, 3.05) is 25.1 Å². The molecule has 1 heterocycles. The molecule has 0 aliphatic heterocycles. The highest BCUT2D eigenvalue weighted by Crippen LogP contribution is 2.21. The third kappa shape index (κ3) is 7.28. The zero-order valence-corrected chi connectivity index (χ0v) is 16.1. The zero-order valence-electron chi connectivity index (χ0n) is 16.1. The lowest BCUT2D eigenvalue weighted by atomic mass is 9.93. The Labute approximate surface area is 160 Å². The fourth-order valence-corrected chi connectivity index (χ4v) is 2.93. The molecule has 1 unspecified atom stereocenters. The number of nitrogens with one attached hydrogen (secondary N) is 2. The maximum atomic E-state index is 11.4. The highest BCUT2D eigenvalue weighted by Gasteiger charge is 2.23. The summed E-state index contributed by atoms with van der Waals surface area (Å²) in [6, 6.07) is 0.00879. The van der Waals surface area contributed by atoms with Crippen molar-refractivity contribution >= 4 is 12.0 Å². The number of hydrogen-bond acceptors (Lipinski definition) is 8. The molecule has 0 radical (unpaired) electrons. The van der Waals surface area contributed by atoms with Crippen molar-refractivity contribution in [3.63, 3.8) is 0 Å². The smallest absolute Gasteiger partial charge is 0.407 e. The van der Waals surface area contributed by atoms with Gasteiger partial charge in [-0.25, -0.2) is 14.8 Å². The standard InChI is InChI=1S/C18H31N5O4/c1-12(2)22-18(25)27-8-7-26-16(9-19)13-10-20-17(21-11-13)23-14-5-3-4-6-15(14)24/h10-12,14-16,24H,3-9,19H2,1-2H3,(H,22,25)(H,20,21,23)/t14?,15-,16-/m1/s1. The van der Waals surface area contributed by atoms with E-state index in [9.17, 15) is 9.90 Å². The molecule has 5 N–H and O–H groups in total. The first kappa shape index (κ1) is 21.3. The van der Waals surface area contributed by atoms with Crippen LogP contribution in [0.25, 0.3) is 0 Å². The van der Waals surface area contributed by atoms with E-state index in [1.807, 2.05) is 13.8 Å². The molecule has 1 saturated carbocycles. The molecule has 9 nitrogen and oxygen atoms in total. The van der Waals surface area contributed by atoms with Gasteiger partial charge in [0.05, 0.1) is 24.9 Å². The molecule has 1 aromatic rings. The van der Waals surface area contributed by atoms with Gasteiger partial charge in [-0.2, -0.15) is 0 Å². The molecule has 0 bridgehead atoms. The summed E-state index contributed by atoms with van der Waals surface area (Å²) < 4.78 is 10.7. The summed E-state index contributed by atoms with van der Waals surface area (Å²) >= 11 is 0. The summed E-state index contributed by atoms with van der Waals surface area (Å²) in [5.41, 5.74) is 6.52. The zero-order chi connectivity index (χ0) is 19.6. The fraction of sp³-hybridized carbons (Fsp3) is 0.722. The number of aliphatic hydroxyl groups is 1. The van der Waals surface area contributed by atoms with E-state index >= 15 is 0 Å². The number of alkyl carbamates (subject to hydrolysis) is 1. The molecule has 9 heteroatoms. The monoisotopic (exact) mass is 381 g/mol. The van der Waals surface area contributed by atoms with Crippen LogP contribution in [0.2, 0.25) is 0 Å². The molecule has 0 aromatic carbocycles. The summed E-state index contributed by atoms with van der Waals surface area (Å²) in [5.74, 6) is 0.481. The van der Waals surface area contributed by atoms with Crippen LogP contribution in [0, 0.1) is 0 Å². The van der Waals surface area contributed by atoms with Crippen LogP contribution in [0.3, 0.4) is 0 Å². The molecule has 0 spiro atoms. The molecule has 1 fully saturated rings. The number of aromatic nitrogens is 2. The summed E-state index contributed by atoms with van der Waals surface area (Å²) in [7, 11) is 0. The first-order valence-electron chi connectivity index (χ1n) is 9.51. The molecule has 0 saturated heterocycles. The normalized spacial score (nSPS) is 20.9. The lowest BCUT2D eigenvalue weighted by Gasteiger charge is -2.28. The summed E-state index contributed by atoms with van der Waals surface area (Å²) in [4.78, 5) is 20.0. The fourth-order valence-electron chi connectivity index (χ4n) is 2.93. The number of rotatable bonds is 9. The Morgan fingerprint density at radius 2 is 2.00 bits per heavy atom. The van der Waals surface area contributed by atoms with Crippen molar-refractivity contribution < 1.29 is 19.4 Å².